The Morgan fingerprint density at radius 2 is 1.85 bits per heavy atom. The molecule has 1 unspecified atom stereocenters. The number of nitro benzene ring substituents is 1. The monoisotopic (exact) mass is 525 g/mol. The van der Waals surface area contributed by atoms with Gasteiger partial charge in [0.1, 0.15) is 11.8 Å². The molecule has 1 N–H and O–H groups in total. The van der Waals surface area contributed by atoms with Gasteiger partial charge in [0.15, 0.2) is 11.6 Å². The average molecular weight is 526 g/mol. The zero-order chi connectivity index (χ0) is 24.3. The minimum atomic E-state index is -1.53. The number of carbonyl (C=O) groups is 3. The summed E-state index contributed by atoms with van der Waals surface area (Å²) >= 11 is 3.13. The maximum absolute atomic E-state index is 14.0. The number of methoxy groups -OCH3 is 1. The number of hydrogen-bond donors (Lipinski definition) is 1. The van der Waals surface area contributed by atoms with Gasteiger partial charge in [-0.2, -0.15) is 0 Å². The SMILES string of the molecule is COC(=O)C1=C(CBr)NC(=O)N(C(=O)Oc2ccc([N+](=O)[O-])cc2)C1c1ccc(F)c(F)c1. The molecular formula is C20H14BrF2N3O7. The van der Waals surface area contributed by atoms with Gasteiger partial charge in [-0.15, -0.1) is 0 Å². The summed E-state index contributed by atoms with van der Waals surface area (Å²) in [6.07, 6.45) is -1.29. The highest BCUT2D eigenvalue weighted by Gasteiger charge is 2.44. The van der Waals surface area contributed by atoms with E-state index in [1.54, 1.807) is 0 Å². The van der Waals surface area contributed by atoms with Crippen molar-refractivity contribution in [2.45, 2.75) is 6.04 Å². The number of urea groups is 1. The van der Waals surface area contributed by atoms with E-state index in [4.69, 9.17) is 9.47 Å². The molecule has 1 aliphatic rings. The van der Waals surface area contributed by atoms with E-state index >= 15 is 0 Å². The number of alkyl halides is 1. The van der Waals surface area contributed by atoms with Crippen LogP contribution in [0.5, 0.6) is 5.75 Å². The van der Waals surface area contributed by atoms with Gasteiger partial charge in [-0.05, 0) is 29.8 Å². The van der Waals surface area contributed by atoms with Crippen molar-refractivity contribution in [3.63, 3.8) is 0 Å². The Bertz CT molecular complexity index is 1170. The Kier molecular flexibility index (Phi) is 7.01. The lowest BCUT2D eigenvalue weighted by atomic mass is 9.94. The third kappa shape index (κ3) is 4.82. The van der Waals surface area contributed by atoms with E-state index in [0.717, 1.165) is 49.6 Å². The highest BCUT2D eigenvalue weighted by atomic mass is 79.9. The molecule has 13 heteroatoms. The van der Waals surface area contributed by atoms with Crippen molar-refractivity contribution in [3.05, 3.63) is 81.0 Å². The molecule has 2 aromatic carbocycles. The summed E-state index contributed by atoms with van der Waals surface area (Å²) in [5.74, 6) is -3.53. The van der Waals surface area contributed by atoms with E-state index in [1.165, 1.54) is 0 Å². The van der Waals surface area contributed by atoms with Crippen molar-refractivity contribution in [2.24, 2.45) is 0 Å². The van der Waals surface area contributed by atoms with Crippen LogP contribution in [-0.4, -0.2) is 40.4 Å². The van der Waals surface area contributed by atoms with Gasteiger partial charge in [-0.1, -0.05) is 22.0 Å². The molecule has 0 radical (unpaired) electrons. The largest absolute Gasteiger partial charge is 0.466 e. The molecule has 0 bridgehead atoms. The Morgan fingerprint density at radius 1 is 1.18 bits per heavy atom. The zero-order valence-corrected chi connectivity index (χ0v) is 18.3. The number of benzene rings is 2. The lowest BCUT2D eigenvalue weighted by molar-refractivity contribution is -0.384. The minimum Gasteiger partial charge on any atom is -0.466 e. The van der Waals surface area contributed by atoms with Crippen molar-refractivity contribution in [2.75, 3.05) is 12.4 Å². The molecule has 0 aromatic heterocycles. The first-order valence-corrected chi connectivity index (χ1v) is 10.2. The third-order valence-electron chi connectivity index (χ3n) is 4.58. The fraction of sp³-hybridized carbons (Fsp3) is 0.150. The topological polar surface area (TPSA) is 128 Å². The first-order chi connectivity index (χ1) is 15.7. The lowest BCUT2D eigenvalue weighted by Gasteiger charge is -2.35. The lowest BCUT2D eigenvalue weighted by Crippen LogP contribution is -2.52. The molecule has 1 atom stereocenters. The predicted molar refractivity (Wildman–Crippen MR) is 111 cm³/mol. The highest BCUT2D eigenvalue weighted by Crippen LogP contribution is 2.36. The van der Waals surface area contributed by atoms with Crippen molar-refractivity contribution in [3.8, 4) is 5.75 Å². The highest BCUT2D eigenvalue weighted by molar-refractivity contribution is 9.09. The van der Waals surface area contributed by atoms with Crippen LogP contribution < -0.4 is 10.1 Å². The molecule has 33 heavy (non-hydrogen) atoms. The predicted octanol–water partition coefficient (Wildman–Crippen LogP) is 3.96. The van der Waals surface area contributed by atoms with Gasteiger partial charge in [0.2, 0.25) is 0 Å². The minimum absolute atomic E-state index is 0.0331. The van der Waals surface area contributed by atoms with E-state index in [2.05, 4.69) is 21.2 Å². The van der Waals surface area contributed by atoms with Crippen molar-refractivity contribution < 1.29 is 37.6 Å². The van der Waals surface area contributed by atoms with E-state index in [-0.39, 0.29) is 33.6 Å². The normalized spacial score (nSPS) is 15.7. The molecule has 10 nitrogen and oxygen atoms in total. The summed E-state index contributed by atoms with van der Waals surface area (Å²) in [4.78, 5) is 48.9. The molecule has 2 aromatic rings. The molecule has 0 fully saturated rings. The van der Waals surface area contributed by atoms with Crippen LogP contribution in [0, 0.1) is 21.7 Å². The molecule has 1 heterocycles. The number of esters is 1. The molecule has 172 valence electrons. The molecular weight excluding hydrogens is 512 g/mol. The van der Waals surface area contributed by atoms with Crippen LogP contribution in [0.4, 0.5) is 24.1 Å². The van der Waals surface area contributed by atoms with Crippen molar-refractivity contribution >= 4 is 39.7 Å². The van der Waals surface area contributed by atoms with Crippen LogP contribution in [0.15, 0.2) is 53.7 Å². The van der Waals surface area contributed by atoms with E-state index in [9.17, 15) is 33.3 Å². The molecule has 1 aliphatic heterocycles. The fourth-order valence-corrected chi connectivity index (χ4v) is 3.53. The second kappa shape index (κ2) is 9.73. The summed E-state index contributed by atoms with van der Waals surface area (Å²) in [6, 6.07) is 4.49. The first-order valence-electron chi connectivity index (χ1n) is 9.06. The van der Waals surface area contributed by atoms with Crippen LogP contribution in [0.3, 0.4) is 0 Å². The van der Waals surface area contributed by atoms with Gasteiger partial charge >= 0.3 is 18.1 Å². The van der Waals surface area contributed by atoms with Gasteiger partial charge in [-0.25, -0.2) is 28.1 Å². The molecule has 0 aliphatic carbocycles. The first kappa shape index (κ1) is 23.8. The van der Waals surface area contributed by atoms with E-state index in [1.807, 2.05) is 0 Å². The number of non-ortho nitro benzene ring substituents is 1. The van der Waals surface area contributed by atoms with E-state index < -0.39 is 40.7 Å². The number of carbonyl (C=O) groups excluding carboxylic acids is 3. The number of imide groups is 1. The summed E-state index contributed by atoms with van der Waals surface area (Å²) < 4.78 is 37.4. The zero-order valence-electron chi connectivity index (χ0n) is 16.7. The summed E-state index contributed by atoms with van der Waals surface area (Å²) in [6.45, 7) is 0. The molecule has 0 saturated carbocycles. The smallest absolute Gasteiger partial charge is 0.424 e. The Morgan fingerprint density at radius 3 is 2.39 bits per heavy atom. The molecule has 3 rings (SSSR count). The fourth-order valence-electron chi connectivity index (χ4n) is 3.09. The van der Waals surface area contributed by atoms with Crippen LogP contribution in [-0.2, 0) is 9.53 Å². The number of ether oxygens (including phenoxy) is 2. The number of hydrogen-bond acceptors (Lipinski definition) is 7. The maximum Gasteiger partial charge on any atom is 0.424 e. The van der Waals surface area contributed by atoms with Crippen LogP contribution >= 0.6 is 15.9 Å². The van der Waals surface area contributed by atoms with Crippen LogP contribution in [0.1, 0.15) is 11.6 Å². The number of rotatable bonds is 5. The molecule has 0 saturated heterocycles. The van der Waals surface area contributed by atoms with E-state index in [0.29, 0.717) is 4.90 Å². The molecule has 3 amide bonds. The van der Waals surface area contributed by atoms with Gasteiger partial charge in [-0.3, -0.25) is 10.1 Å². The second-order valence-corrected chi connectivity index (χ2v) is 7.07. The van der Waals surface area contributed by atoms with Gasteiger partial charge < -0.3 is 14.8 Å². The van der Waals surface area contributed by atoms with Crippen LogP contribution in [0.25, 0.3) is 0 Å². The summed E-state index contributed by atoms with van der Waals surface area (Å²) in [5, 5.41) is 13.1. The maximum atomic E-state index is 14.0. The third-order valence-corrected chi connectivity index (χ3v) is 5.14. The van der Waals surface area contributed by atoms with Gasteiger partial charge in [0.05, 0.1) is 17.6 Å². The number of nitro groups is 1. The summed E-state index contributed by atoms with van der Waals surface area (Å²) in [7, 11) is 1.07. The Hall–Kier alpha value is -3.87. The number of amides is 3. The quantitative estimate of drug-likeness (QED) is 0.270. The summed E-state index contributed by atoms with van der Waals surface area (Å²) in [5.41, 5.74) is -0.548. The average Bonchev–Trinajstić information content (AvgIpc) is 2.79. The van der Waals surface area contributed by atoms with Gasteiger partial charge in [0.25, 0.3) is 5.69 Å². The Balaban J connectivity index is 2.08. The van der Waals surface area contributed by atoms with Gasteiger partial charge in [0, 0.05) is 23.2 Å². The number of nitrogens with one attached hydrogen (secondary N) is 1. The number of nitrogens with zero attached hydrogens (tertiary/aromatic N) is 2. The number of allylic oxidation sites excluding steroid dienone is 1. The van der Waals surface area contributed by atoms with Crippen molar-refractivity contribution in [1.82, 2.24) is 10.2 Å². The second-order valence-electron chi connectivity index (χ2n) is 6.51. The Labute approximate surface area is 193 Å². The van der Waals surface area contributed by atoms with Crippen molar-refractivity contribution in [1.29, 1.82) is 0 Å². The molecule has 0 spiro atoms. The number of halogens is 3. The van der Waals surface area contributed by atoms with Crippen LogP contribution in [0.2, 0.25) is 0 Å². The standard InChI is InChI=1S/C20H14BrF2N3O7/c1-32-18(27)16-15(9-21)24-19(28)25(17(16)10-2-7-13(22)14(23)8-10)20(29)33-12-5-3-11(4-6-12)26(30)31/h2-8,17H,9H2,1H3,(H,24,28).